The quantitative estimate of drug-likeness (QED) is 0.130. The normalized spacial score (nSPS) is 11.1. The summed E-state index contributed by atoms with van der Waals surface area (Å²) in [5, 5.41) is 0. The molecule has 12 rings (SSSR count). The second-order valence-electron chi connectivity index (χ2n) is 18.0. The molecule has 0 fully saturated rings. The third-order valence-electron chi connectivity index (χ3n) is 13.4. The van der Waals surface area contributed by atoms with Crippen molar-refractivity contribution in [1.82, 2.24) is 15.0 Å². The number of hydrogen-bond acceptors (Lipinski definition) is 3. The van der Waals surface area contributed by atoms with Crippen molar-refractivity contribution in [3.05, 3.63) is 285 Å². The summed E-state index contributed by atoms with van der Waals surface area (Å²) >= 11 is 0. The monoisotopic (exact) mass is 917 g/mol. The second kappa shape index (κ2) is 19.8. The van der Waals surface area contributed by atoms with Crippen LogP contribution in [0.1, 0.15) is 0 Å². The minimum atomic E-state index is 0.593. The van der Waals surface area contributed by atoms with Gasteiger partial charge in [0.1, 0.15) is 0 Å². The van der Waals surface area contributed by atoms with Crippen LogP contribution in [0.5, 0.6) is 0 Å². The lowest BCUT2D eigenvalue weighted by molar-refractivity contribution is 1.07. The summed E-state index contributed by atoms with van der Waals surface area (Å²) in [4.78, 5) is 16.0. The topological polar surface area (TPSA) is 38.7 Å². The van der Waals surface area contributed by atoms with Crippen LogP contribution in [0.15, 0.2) is 285 Å². The Bertz CT molecular complexity index is 3330. The molecule has 0 aliphatic rings. The molecule has 0 spiro atoms. The van der Waals surface area contributed by atoms with E-state index in [2.05, 4.69) is 267 Å². The minimum absolute atomic E-state index is 0.593. The van der Waals surface area contributed by atoms with Crippen molar-refractivity contribution in [3.63, 3.8) is 0 Å². The molecule has 11 aromatic carbocycles. The first-order valence-corrected chi connectivity index (χ1v) is 24.4. The number of hydrogen-bond donors (Lipinski definition) is 0. The molecular formula is C69H47N3. The van der Waals surface area contributed by atoms with E-state index < -0.39 is 0 Å². The molecule has 1 aromatic heterocycles. The van der Waals surface area contributed by atoms with Crippen LogP contribution >= 0.6 is 0 Å². The van der Waals surface area contributed by atoms with Gasteiger partial charge in [-0.3, -0.25) is 0 Å². The van der Waals surface area contributed by atoms with E-state index in [9.17, 15) is 0 Å². The highest BCUT2D eigenvalue weighted by atomic mass is 15.0. The highest BCUT2D eigenvalue weighted by Gasteiger charge is 2.18. The largest absolute Gasteiger partial charge is 0.208 e. The van der Waals surface area contributed by atoms with E-state index in [1.165, 1.54) is 44.5 Å². The van der Waals surface area contributed by atoms with Crippen molar-refractivity contribution in [3.8, 4) is 123 Å². The van der Waals surface area contributed by atoms with Gasteiger partial charge in [-0.15, -0.1) is 0 Å². The fourth-order valence-electron chi connectivity index (χ4n) is 9.47. The van der Waals surface area contributed by atoms with Crippen LogP contribution in [0, 0.1) is 0 Å². The van der Waals surface area contributed by atoms with E-state index in [4.69, 9.17) is 15.0 Å². The van der Waals surface area contributed by atoms with Gasteiger partial charge in [0.05, 0.1) is 0 Å². The van der Waals surface area contributed by atoms with E-state index in [0.29, 0.717) is 17.5 Å². The van der Waals surface area contributed by atoms with Crippen molar-refractivity contribution in [2.45, 2.75) is 0 Å². The highest BCUT2D eigenvalue weighted by Crippen LogP contribution is 2.38. The summed E-state index contributed by atoms with van der Waals surface area (Å²) in [5.74, 6) is 1.79. The van der Waals surface area contributed by atoms with E-state index in [0.717, 1.165) is 61.2 Å². The van der Waals surface area contributed by atoms with Gasteiger partial charge in [-0.2, -0.15) is 0 Å². The zero-order chi connectivity index (χ0) is 48.1. The van der Waals surface area contributed by atoms with E-state index in [1.54, 1.807) is 0 Å². The van der Waals surface area contributed by atoms with Crippen LogP contribution in [0.4, 0.5) is 0 Å². The molecule has 0 saturated heterocycles. The maximum Gasteiger partial charge on any atom is 0.164 e. The number of rotatable bonds is 11. The maximum atomic E-state index is 5.43. The van der Waals surface area contributed by atoms with Gasteiger partial charge in [-0.05, 0) is 125 Å². The second-order valence-corrected chi connectivity index (χ2v) is 18.0. The number of nitrogens with zero attached hydrogens (tertiary/aromatic N) is 3. The maximum absolute atomic E-state index is 5.43. The Hall–Kier alpha value is -9.57. The lowest BCUT2D eigenvalue weighted by Gasteiger charge is -2.15. The molecular weight excluding hydrogens is 871 g/mol. The third-order valence-corrected chi connectivity index (χ3v) is 13.4. The van der Waals surface area contributed by atoms with Gasteiger partial charge in [0.2, 0.25) is 0 Å². The van der Waals surface area contributed by atoms with Gasteiger partial charge in [-0.25, -0.2) is 15.0 Å². The molecule has 0 N–H and O–H groups in total. The first-order chi connectivity index (χ1) is 35.6. The Morgan fingerprint density at radius 2 is 0.278 bits per heavy atom. The van der Waals surface area contributed by atoms with Gasteiger partial charge in [0.25, 0.3) is 0 Å². The number of benzene rings is 11. The summed E-state index contributed by atoms with van der Waals surface area (Å²) in [7, 11) is 0. The van der Waals surface area contributed by atoms with Crippen LogP contribution in [-0.4, -0.2) is 15.0 Å². The lowest BCUT2D eigenvalue weighted by Crippen LogP contribution is -2.01. The van der Waals surface area contributed by atoms with E-state index >= 15 is 0 Å². The van der Waals surface area contributed by atoms with Gasteiger partial charge >= 0.3 is 0 Å². The molecule has 0 radical (unpaired) electrons. The predicted octanol–water partition coefficient (Wildman–Crippen LogP) is 18.2. The molecule has 72 heavy (non-hydrogen) atoms. The Labute approximate surface area is 421 Å². The van der Waals surface area contributed by atoms with Gasteiger partial charge in [-0.1, -0.05) is 249 Å². The molecule has 0 aliphatic heterocycles. The minimum Gasteiger partial charge on any atom is -0.208 e. The summed E-state index contributed by atoms with van der Waals surface area (Å²) < 4.78 is 0. The molecule has 12 aromatic rings. The summed E-state index contributed by atoms with van der Waals surface area (Å²) in [6, 6.07) is 101. The van der Waals surface area contributed by atoms with Crippen LogP contribution in [-0.2, 0) is 0 Å². The molecule has 3 nitrogen and oxygen atoms in total. The van der Waals surface area contributed by atoms with E-state index in [-0.39, 0.29) is 0 Å². The summed E-state index contributed by atoms with van der Waals surface area (Å²) in [5.41, 5.74) is 20.8. The van der Waals surface area contributed by atoms with Crippen molar-refractivity contribution in [1.29, 1.82) is 0 Å². The molecule has 0 bridgehead atoms. The Balaban J connectivity index is 1.02. The Morgan fingerprint density at radius 3 is 0.500 bits per heavy atom. The van der Waals surface area contributed by atoms with Crippen molar-refractivity contribution >= 4 is 0 Å². The van der Waals surface area contributed by atoms with Crippen LogP contribution in [0.2, 0.25) is 0 Å². The lowest BCUT2D eigenvalue weighted by atomic mass is 9.93. The molecule has 3 heteroatoms. The molecule has 0 unspecified atom stereocenters. The summed E-state index contributed by atoms with van der Waals surface area (Å²) in [6.45, 7) is 0. The molecule has 0 amide bonds. The van der Waals surface area contributed by atoms with Crippen LogP contribution in [0.3, 0.4) is 0 Å². The highest BCUT2D eigenvalue weighted by molar-refractivity contribution is 5.85. The Morgan fingerprint density at radius 1 is 0.125 bits per heavy atom. The van der Waals surface area contributed by atoms with Gasteiger partial charge in [0, 0.05) is 16.7 Å². The molecule has 0 atom stereocenters. The molecule has 0 saturated carbocycles. The van der Waals surface area contributed by atoms with Crippen molar-refractivity contribution < 1.29 is 0 Å². The average molecular weight is 918 g/mol. The molecule has 338 valence electrons. The standard InChI is InChI=1S/C69H47N3/c1-6-16-48(17-7-1)52-26-34-56(35-27-52)61-42-62(57-36-28-53(29-37-57)49-18-8-2-9-19-49)45-65(44-61)68-70-67(60-24-14-5-15-25-60)71-69(72-68)66-46-63(58-38-30-54(31-39-58)50-20-10-3-11-21-50)43-64(47-66)59-40-32-55(33-41-59)51-22-12-4-13-23-51/h1-47H. The average Bonchev–Trinajstić information content (AvgIpc) is 3.48. The fourth-order valence-corrected chi connectivity index (χ4v) is 9.47. The first kappa shape index (κ1) is 43.7. The van der Waals surface area contributed by atoms with Crippen molar-refractivity contribution in [2.75, 3.05) is 0 Å². The SMILES string of the molecule is c1ccc(-c2ccc(-c3cc(-c4ccc(-c5ccccc5)cc4)cc(-c4nc(-c5ccccc5)nc(-c5cc(-c6ccc(-c7ccccc7)cc6)cc(-c6ccc(-c7ccccc7)cc6)c5)n4)c3)cc2)cc1. The number of aromatic nitrogens is 3. The van der Waals surface area contributed by atoms with Gasteiger partial charge < -0.3 is 0 Å². The smallest absolute Gasteiger partial charge is 0.164 e. The van der Waals surface area contributed by atoms with Crippen LogP contribution in [0.25, 0.3) is 123 Å². The fraction of sp³-hybridized carbons (Fsp3) is 0. The zero-order valence-electron chi connectivity index (χ0n) is 39.5. The Kier molecular flexibility index (Phi) is 12.0. The van der Waals surface area contributed by atoms with Crippen LogP contribution < -0.4 is 0 Å². The predicted molar refractivity (Wildman–Crippen MR) is 300 cm³/mol. The first-order valence-electron chi connectivity index (χ1n) is 24.4. The third kappa shape index (κ3) is 9.43. The molecule has 0 aliphatic carbocycles. The van der Waals surface area contributed by atoms with Gasteiger partial charge in [0.15, 0.2) is 17.5 Å². The summed E-state index contributed by atoms with van der Waals surface area (Å²) in [6.07, 6.45) is 0. The van der Waals surface area contributed by atoms with E-state index in [1.807, 2.05) is 18.2 Å². The molecule has 1 heterocycles. The van der Waals surface area contributed by atoms with Crippen molar-refractivity contribution in [2.24, 2.45) is 0 Å². The zero-order valence-corrected chi connectivity index (χ0v) is 39.5.